The number of para-hydroxylation sites is 1. The first-order valence-electron chi connectivity index (χ1n) is 9.58. The van der Waals surface area contributed by atoms with Gasteiger partial charge in [-0.25, -0.2) is 17.9 Å². The molecule has 158 valence electrons. The highest BCUT2D eigenvalue weighted by Gasteiger charge is 2.26. The fraction of sp³-hybridized carbons (Fsp3) is 0.273. The lowest BCUT2D eigenvalue weighted by molar-refractivity contribution is -0.907. The molecule has 1 unspecified atom stereocenters. The molecule has 0 saturated heterocycles. The number of likely N-dealkylation sites (N-methyl/N-ethyl adjacent to an activating group) is 1. The molecule has 8 heteroatoms. The molecule has 2 aromatic carbocycles. The number of carbonyl (C=O) groups is 1. The van der Waals surface area contributed by atoms with Gasteiger partial charge in [-0.3, -0.25) is 4.79 Å². The molecule has 30 heavy (non-hydrogen) atoms. The van der Waals surface area contributed by atoms with E-state index in [2.05, 4.69) is 10.4 Å². The second-order valence-electron chi connectivity index (χ2n) is 7.35. The molecule has 0 radical (unpaired) electrons. The van der Waals surface area contributed by atoms with Crippen molar-refractivity contribution in [3.8, 4) is 5.69 Å². The first-order valence-corrected chi connectivity index (χ1v) is 9.58. The number of nitrogens with one attached hydrogen (secondary N) is 2. The lowest BCUT2D eigenvalue weighted by Gasteiger charge is -2.21. The number of carbonyl (C=O) groups excluding carboxylic acids is 1. The van der Waals surface area contributed by atoms with Gasteiger partial charge in [-0.1, -0.05) is 18.2 Å². The largest absolute Gasteiger partial charge is 0.324 e. The Bertz CT molecular complexity index is 1070. The maximum atomic E-state index is 13.9. The Morgan fingerprint density at radius 3 is 2.43 bits per heavy atom. The van der Waals surface area contributed by atoms with Gasteiger partial charge >= 0.3 is 0 Å². The third-order valence-corrected chi connectivity index (χ3v) is 5.32. The molecule has 0 aliphatic carbocycles. The quantitative estimate of drug-likeness (QED) is 0.606. The lowest BCUT2D eigenvalue weighted by atomic mass is 10.1. The Morgan fingerprint density at radius 2 is 1.77 bits per heavy atom. The zero-order chi connectivity index (χ0) is 22.0. The normalized spacial score (nSPS) is 13.2. The summed E-state index contributed by atoms with van der Waals surface area (Å²) in [5, 5.41) is 6.95. The Hall–Kier alpha value is -3.13. The van der Waals surface area contributed by atoms with Gasteiger partial charge in [0, 0.05) is 0 Å². The van der Waals surface area contributed by atoms with E-state index in [0.717, 1.165) is 39.7 Å². The summed E-state index contributed by atoms with van der Waals surface area (Å²) in [6.07, 6.45) is 0. The van der Waals surface area contributed by atoms with Crippen molar-refractivity contribution >= 4 is 11.6 Å². The molecule has 1 amide bonds. The summed E-state index contributed by atoms with van der Waals surface area (Å²) in [5.74, 6) is -4.82. The fourth-order valence-corrected chi connectivity index (χ4v) is 3.27. The molecular formula is C22H24F3N4O+. The number of rotatable bonds is 6. The number of quaternary nitrogens is 1. The molecule has 5 nitrogen and oxygen atoms in total. The summed E-state index contributed by atoms with van der Waals surface area (Å²) in [4.78, 5) is 13.4. The van der Waals surface area contributed by atoms with E-state index in [9.17, 15) is 18.0 Å². The molecule has 0 saturated carbocycles. The molecule has 2 N–H and O–H groups in total. The maximum absolute atomic E-state index is 13.9. The number of benzene rings is 2. The van der Waals surface area contributed by atoms with Crippen LogP contribution in [0.1, 0.15) is 23.9 Å². The highest BCUT2D eigenvalue weighted by molar-refractivity contribution is 5.93. The zero-order valence-electron chi connectivity index (χ0n) is 17.3. The standard InChI is InChI=1S/C22H23F3N4O/c1-13-17(14(2)29(27-13)16-8-6-5-7-9-16)12-28(4)15(3)22(30)26-19-11-10-18(23)20(24)21(19)25/h5-11,15H,12H2,1-4H3,(H,26,30)/p+1/t15-/m0/s1. The Morgan fingerprint density at radius 1 is 1.10 bits per heavy atom. The number of hydrogen-bond donors (Lipinski definition) is 2. The molecule has 2 atom stereocenters. The van der Waals surface area contributed by atoms with Crippen molar-refractivity contribution in [2.45, 2.75) is 33.4 Å². The van der Waals surface area contributed by atoms with Crippen molar-refractivity contribution in [2.24, 2.45) is 0 Å². The molecule has 0 aliphatic rings. The van der Waals surface area contributed by atoms with Crippen molar-refractivity contribution in [3.63, 3.8) is 0 Å². The first-order chi connectivity index (χ1) is 14.2. The molecule has 0 fully saturated rings. The monoisotopic (exact) mass is 417 g/mol. The van der Waals surface area contributed by atoms with Gasteiger partial charge in [0.15, 0.2) is 23.5 Å². The molecule has 3 rings (SSSR count). The fourth-order valence-electron chi connectivity index (χ4n) is 3.27. The smallest absolute Gasteiger partial charge is 0.282 e. The van der Waals surface area contributed by atoms with E-state index in [1.54, 1.807) is 6.92 Å². The minimum absolute atomic E-state index is 0.386. The topological polar surface area (TPSA) is 51.4 Å². The second kappa shape index (κ2) is 8.71. The van der Waals surface area contributed by atoms with Crippen molar-refractivity contribution < 1.29 is 22.9 Å². The van der Waals surface area contributed by atoms with Crippen molar-refractivity contribution in [1.82, 2.24) is 9.78 Å². The van der Waals surface area contributed by atoms with Crippen LogP contribution in [-0.2, 0) is 11.3 Å². The van der Waals surface area contributed by atoms with Crippen molar-refractivity contribution in [1.29, 1.82) is 0 Å². The lowest BCUT2D eigenvalue weighted by Crippen LogP contribution is -3.12. The molecule has 3 aromatic rings. The number of amides is 1. The number of halogens is 3. The van der Waals surface area contributed by atoms with Crippen LogP contribution in [0.15, 0.2) is 42.5 Å². The summed E-state index contributed by atoms with van der Waals surface area (Å²) < 4.78 is 42.2. The van der Waals surface area contributed by atoms with Gasteiger partial charge in [-0.05, 0) is 45.0 Å². The minimum atomic E-state index is -1.61. The van der Waals surface area contributed by atoms with Gasteiger partial charge in [-0.15, -0.1) is 0 Å². The van der Waals surface area contributed by atoms with E-state index in [4.69, 9.17) is 0 Å². The Balaban J connectivity index is 1.74. The van der Waals surface area contributed by atoms with Crippen LogP contribution in [0.5, 0.6) is 0 Å². The Kier molecular flexibility index (Phi) is 6.26. The highest BCUT2D eigenvalue weighted by atomic mass is 19.2. The summed E-state index contributed by atoms with van der Waals surface area (Å²) in [6, 6.07) is 10.9. The Labute approximate surface area is 173 Å². The van der Waals surface area contributed by atoms with Crippen molar-refractivity contribution in [3.05, 3.63) is 76.9 Å². The third kappa shape index (κ3) is 4.23. The van der Waals surface area contributed by atoms with Crippen LogP contribution in [0.4, 0.5) is 18.9 Å². The van der Waals surface area contributed by atoms with Gasteiger partial charge in [0.25, 0.3) is 5.91 Å². The average molecular weight is 417 g/mol. The van der Waals surface area contributed by atoms with Crippen molar-refractivity contribution in [2.75, 3.05) is 12.4 Å². The van der Waals surface area contributed by atoms with Crippen LogP contribution in [0.2, 0.25) is 0 Å². The number of aryl methyl sites for hydroxylation is 1. The predicted molar refractivity (Wildman–Crippen MR) is 108 cm³/mol. The molecule has 0 bridgehead atoms. The van der Waals surface area contributed by atoms with E-state index in [0.29, 0.717) is 6.54 Å². The average Bonchev–Trinajstić information content (AvgIpc) is 3.02. The molecule has 1 aromatic heterocycles. The number of anilines is 1. The zero-order valence-corrected chi connectivity index (χ0v) is 17.3. The summed E-state index contributed by atoms with van der Waals surface area (Å²) >= 11 is 0. The number of aromatic nitrogens is 2. The number of hydrogen-bond acceptors (Lipinski definition) is 2. The summed E-state index contributed by atoms with van der Waals surface area (Å²) in [6.45, 7) is 6.08. The molecule has 0 spiro atoms. The molecule has 0 aliphatic heterocycles. The van der Waals surface area contributed by atoms with Crippen LogP contribution in [0, 0.1) is 31.3 Å². The van der Waals surface area contributed by atoms with E-state index >= 15 is 0 Å². The van der Waals surface area contributed by atoms with Gasteiger partial charge in [0.1, 0.15) is 6.54 Å². The summed E-state index contributed by atoms with van der Waals surface area (Å²) in [7, 11) is 1.84. The van der Waals surface area contributed by atoms with Gasteiger partial charge in [0.2, 0.25) is 0 Å². The van der Waals surface area contributed by atoms with Crippen LogP contribution in [0.3, 0.4) is 0 Å². The van der Waals surface area contributed by atoms with Gasteiger partial charge in [-0.2, -0.15) is 5.10 Å². The van der Waals surface area contributed by atoms with Gasteiger partial charge < -0.3 is 10.2 Å². The van der Waals surface area contributed by atoms with E-state index in [1.807, 2.05) is 55.9 Å². The molecular weight excluding hydrogens is 393 g/mol. The first kappa shape index (κ1) is 21.6. The maximum Gasteiger partial charge on any atom is 0.282 e. The van der Waals surface area contributed by atoms with Crippen LogP contribution < -0.4 is 10.2 Å². The van der Waals surface area contributed by atoms with Gasteiger partial charge in [0.05, 0.1) is 35.4 Å². The minimum Gasteiger partial charge on any atom is -0.324 e. The SMILES string of the molecule is Cc1nn(-c2ccccc2)c(C)c1C[NH+](C)[C@@H](C)C(=O)Nc1ccc(F)c(F)c1F. The van der Waals surface area contributed by atoms with Crippen LogP contribution in [-0.4, -0.2) is 28.8 Å². The van der Waals surface area contributed by atoms with E-state index in [-0.39, 0.29) is 5.69 Å². The van der Waals surface area contributed by atoms with E-state index in [1.165, 1.54) is 0 Å². The van der Waals surface area contributed by atoms with Crippen LogP contribution in [0.25, 0.3) is 5.69 Å². The molecule has 1 heterocycles. The third-order valence-electron chi connectivity index (χ3n) is 5.32. The number of nitrogens with zero attached hydrogens (tertiary/aromatic N) is 2. The highest BCUT2D eigenvalue weighted by Crippen LogP contribution is 2.20. The van der Waals surface area contributed by atoms with Crippen LogP contribution >= 0.6 is 0 Å². The summed E-state index contributed by atoms with van der Waals surface area (Å²) in [5.41, 5.74) is 3.40. The second-order valence-corrected chi connectivity index (χ2v) is 7.35. The predicted octanol–water partition coefficient (Wildman–Crippen LogP) is 2.95. The van der Waals surface area contributed by atoms with E-state index < -0.39 is 29.4 Å².